The van der Waals surface area contributed by atoms with Crippen molar-refractivity contribution in [2.45, 2.75) is 38.1 Å². The topological polar surface area (TPSA) is 29.1 Å². The molecule has 1 amide bonds. The molecule has 2 atom stereocenters. The Morgan fingerprint density at radius 3 is 2.90 bits per heavy atom. The lowest BCUT2D eigenvalue weighted by Gasteiger charge is -2.39. The molecule has 5 heteroatoms. The van der Waals surface area contributed by atoms with Gasteiger partial charge in [0, 0.05) is 5.33 Å². The molecule has 0 bridgehead atoms. The lowest BCUT2D eigenvalue weighted by molar-refractivity contribution is 0.0864. The minimum Gasteiger partial charge on any atom is -0.346 e. The van der Waals surface area contributed by atoms with Gasteiger partial charge in [0.15, 0.2) is 11.6 Å². The zero-order chi connectivity index (χ0) is 14.8. The molecule has 2 unspecified atom stereocenters. The summed E-state index contributed by atoms with van der Waals surface area (Å²) in [4.78, 5) is 12.2. The summed E-state index contributed by atoms with van der Waals surface area (Å²) in [6, 6.07) is 3.66. The number of alkyl halides is 1. The van der Waals surface area contributed by atoms with Gasteiger partial charge in [-0.05, 0) is 30.9 Å². The minimum absolute atomic E-state index is 0.233. The molecule has 0 aliphatic heterocycles. The third kappa shape index (κ3) is 3.19. The normalized spacial score (nSPS) is 26.3. The van der Waals surface area contributed by atoms with Crippen LogP contribution in [0.2, 0.25) is 0 Å². The van der Waals surface area contributed by atoms with Crippen LogP contribution >= 0.6 is 15.9 Å². The van der Waals surface area contributed by atoms with Crippen LogP contribution < -0.4 is 5.32 Å². The van der Waals surface area contributed by atoms with Crippen molar-refractivity contribution < 1.29 is 13.6 Å². The SMILES string of the molecule is CC1CCCC(CBr)(NC(=O)c2cccc(F)c2F)C1. The van der Waals surface area contributed by atoms with E-state index in [1.54, 1.807) is 0 Å². The number of benzene rings is 1. The molecule has 1 aromatic rings. The van der Waals surface area contributed by atoms with E-state index >= 15 is 0 Å². The van der Waals surface area contributed by atoms with Gasteiger partial charge in [-0.2, -0.15) is 0 Å². The van der Waals surface area contributed by atoms with E-state index in [1.165, 1.54) is 12.1 Å². The van der Waals surface area contributed by atoms with Gasteiger partial charge >= 0.3 is 0 Å². The third-order valence-electron chi connectivity index (χ3n) is 3.92. The number of carbonyl (C=O) groups excluding carboxylic acids is 1. The van der Waals surface area contributed by atoms with Crippen molar-refractivity contribution in [2.75, 3.05) is 5.33 Å². The smallest absolute Gasteiger partial charge is 0.254 e. The van der Waals surface area contributed by atoms with Crippen LogP contribution in [-0.4, -0.2) is 16.8 Å². The lowest BCUT2D eigenvalue weighted by atomic mass is 9.77. The highest BCUT2D eigenvalue weighted by atomic mass is 79.9. The van der Waals surface area contributed by atoms with Crippen LogP contribution in [0.3, 0.4) is 0 Å². The van der Waals surface area contributed by atoms with Crippen LogP contribution in [0.25, 0.3) is 0 Å². The molecule has 0 spiro atoms. The Balaban J connectivity index is 2.19. The largest absolute Gasteiger partial charge is 0.346 e. The molecule has 0 aromatic heterocycles. The molecular weight excluding hydrogens is 328 g/mol. The zero-order valence-corrected chi connectivity index (χ0v) is 13.0. The highest BCUT2D eigenvalue weighted by Gasteiger charge is 2.36. The second kappa shape index (κ2) is 6.20. The summed E-state index contributed by atoms with van der Waals surface area (Å²) in [7, 11) is 0. The van der Waals surface area contributed by atoms with Gasteiger partial charge in [-0.15, -0.1) is 0 Å². The Labute approximate surface area is 126 Å². The molecular formula is C15H18BrF2NO. The quantitative estimate of drug-likeness (QED) is 0.823. The summed E-state index contributed by atoms with van der Waals surface area (Å²) in [6.07, 6.45) is 3.86. The molecule has 1 saturated carbocycles. The zero-order valence-electron chi connectivity index (χ0n) is 11.4. The molecule has 1 aliphatic carbocycles. The predicted octanol–water partition coefficient (Wildman–Crippen LogP) is 4.04. The van der Waals surface area contributed by atoms with E-state index in [-0.39, 0.29) is 11.1 Å². The number of carbonyl (C=O) groups is 1. The minimum atomic E-state index is -1.08. The van der Waals surface area contributed by atoms with E-state index < -0.39 is 17.5 Å². The Bertz CT molecular complexity index is 509. The molecule has 0 heterocycles. The monoisotopic (exact) mass is 345 g/mol. The van der Waals surface area contributed by atoms with Gasteiger partial charge in [-0.3, -0.25) is 4.79 Å². The fourth-order valence-electron chi connectivity index (χ4n) is 2.92. The van der Waals surface area contributed by atoms with Crippen molar-refractivity contribution in [1.29, 1.82) is 0 Å². The molecule has 0 saturated heterocycles. The first-order valence-corrected chi connectivity index (χ1v) is 7.92. The number of hydrogen-bond donors (Lipinski definition) is 1. The van der Waals surface area contributed by atoms with E-state index in [9.17, 15) is 13.6 Å². The molecule has 20 heavy (non-hydrogen) atoms. The average Bonchev–Trinajstić information content (AvgIpc) is 2.41. The summed E-state index contributed by atoms with van der Waals surface area (Å²) >= 11 is 3.45. The lowest BCUT2D eigenvalue weighted by Crippen LogP contribution is -2.52. The van der Waals surface area contributed by atoms with E-state index in [2.05, 4.69) is 28.2 Å². The average molecular weight is 346 g/mol. The van der Waals surface area contributed by atoms with E-state index in [1.807, 2.05) is 0 Å². The maximum Gasteiger partial charge on any atom is 0.254 e. The van der Waals surface area contributed by atoms with E-state index in [0.29, 0.717) is 11.2 Å². The highest BCUT2D eigenvalue weighted by molar-refractivity contribution is 9.09. The van der Waals surface area contributed by atoms with Crippen LogP contribution in [0.5, 0.6) is 0 Å². The van der Waals surface area contributed by atoms with Gasteiger partial charge in [-0.1, -0.05) is 41.8 Å². The molecule has 110 valence electrons. The second-order valence-electron chi connectivity index (χ2n) is 5.67. The summed E-state index contributed by atoms with van der Waals surface area (Å²) in [5.74, 6) is -2.12. The molecule has 1 aliphatic rings. The molecule has 1 N–H and O–H groups in total. The number of rotatable bonds is 3. The molecule has 0 radical (unpaired) electrons. The van der Waals surface area contributed by atoms with Gasteiger partial charge in [0.1, 0.15) is 0 Å². The number of hydrogen-bond acceptors (Lipinski definition) is 1. The predicted molar refractivity (Wildman–Crippen MR) is 78.0 cm³/mol. The van der Waals surface area contributed by atoms with Gasteiger partial charge in [0.2, 0.25) is 0 Å². The van der Waals surface area contributed by atoms with Crippen molar-refractivity contribution in [1.82, 2.24) is 5.32 Å². The van der Waals surface area contributed by atoms with Crippen molar-refractivity contribution in [2.24, 2.45) is 5.92 Å². The van der Waals surface area contributed by atoms with Crippen LogP contribution in [0.4, 0.5) is 8.78 Å². The Morgan fingerprint density at radius 2 is 2.25 bits per heavy atom. The van der Waals surface area contributed by atoms with Gasteiger partial charge in [0.05, 0.1) is 11.1 Å². The standard InChI is InChI=1S/C15H18BrF2NO/c1-10-4-3-7-15(8-10,9-16)19-14(20)11-5-2-6-12(17)13(11)18/h2,5-6,10H,3-4,7-9H2,1H3,(H,19,20). The summed E-state index contributed by atoms with van der Waals surface area (Å²) < 4.78 is 26.9. The molecule has 2 nitrogen and oxygen atoms in total. The maximum absolute atomic E-state index is 13.7. The summed E-state index contributed by atoms with van der Waals surface area (Å²) in [6.45, 7) is 2.14. The number of nitrogens with one attached hydrogen (secondary N) is 1. The van der Waals surface area contributed by atoms with Crippen molar-refractivity contribution in [3.8, 4) is 0 Å². The van der Waals surface area contributed by atoms with Crippen LogP contribution in [0, 0.1) is 17.6 Å². The van der Waals surface area contributed by atoms with E-state index in [0.717, 1.165) is 31.7 Å². The Morgan fingerprint density at radius 1 is 1.50 bits per heavy atom. The van der Waals surface area contributed by atoms with Crippen LogP contribution in [0.15, 0.2) is 18.2 Å². The number of halogens is 3. The molecule has 2 rings (SSSR count). The molecule has 1 aromatic carbocycles. The third-order valence-corrected chi connectivity index (χ3v) is 5.00. The maximum atomic E-state index is 13.7. The van der Waals surface area contributed by atoms with Crippen molar-refractivity contribution >= 4 is 21.8 Å². The summed E-state index contributed by atoms with van der Waals surface area (Å²) in [5, 5.41) is 3.52. The fourth-order valence-corrected chi connectivity index (χ4v) is 3.57. The molecule has 1 fully saturated rings. The first-order valence-electron chi connectivity index (χ1n) is 6.80. The fraction of sp³-hybridized carbons (Fsp3) is 0.533. The Kier molecular flexibility index (Phi) is 4.78. The summed E-state index contributed by atoms with van der Waals surface area (Å²) in [5.41, 5.74) is -0.600. The number of amides is 1. The van der Waals surface area contributed by atoms with Gasteiger partial charge in [0.25, 0.3) is 5.91 Å². The first-order chi connectivity index (χ1) is 9.47. The van der Waals surface area contributed by atoms with E-state index in [4.69, 9.17) is 0 Å². The van der Waals surface area contributed by atoms with Gasteiger partial charge < -0.3 is 5.32 Å². The second-order valence-corrected chi connectivity index (χ2v) is 6.23. The van der Waals surface area contributed by atoms with Crippen molar-refractivity contribution in [3.63, 3.8) is 0 Å². The highest BCUT2D eigenvalue weighted by Crippen LogP contribution is 2.34. The van der Waals surface area contributed by atoms with Crippen LogP contribution in [0.1, 0.15) is 43.0 Å². The van der Waals surface area contributed by atoms with Crippen molar-refractivity contribution in [3.05, 3.63) is 35.4 Å². The van der Waals surface area contributed by atoms with Gasteiger partial charge in [-0.25, -0.2) is 8.78 Å². The first kappa shape index (κ1) is 15.4. The van der Waals surface area contributed by atoms with Crippen LogP contribution in [-0.2, 0) is 0 Å². The Hall–Kier alpha value is -0.970.